The molecule has 0 heterocycles. The quantitative estimate of drug-likeness (QED) is 0.322. The van der Waals surface area contributed by atoms with Crippen molar-refractivity contribution in [3.63, 3.8) is 0 Å². The van der Waals surface area contributed by atoms with Gasteiger partial charge in [0.25, 0.3) is 5.91 Å². The molecule has 0 spiro atoms. The lowest BCUT2D eigenvalue weighted by Crippen LogP contribution is -2.65. The Morgan fingerprint density at radius 2 is 1.71 bits per heavy atom. The third kappa shape index (κ3) is 4.42. The topological polar surface area (TPSA) is 156 Å². The van der Waals surface area contributed by atoms with Gasteiger partial charge in [-0.05, 0) is 68.2 Å². The molecule has 0 bridgehead atoms. The van der Waals surface area contributed by atoms with Crippen molar-refractivity contribution >= 4 is 34.6 Å². The number of Topliss-reactive ketones (excluding diaryl/α,β-unsaturated/α-hetero) is 2. The fourth-order valence-electron chi connectivity index (χ4n) is 6.64. The van der Waals surface area contributed by atoms with Crippen LogP contribution in [0.15, 0.2) is 47.2 Å². The highest BCUT2D eigenvalue weighted by atomic mass is 19.1. The van der Waals surface area contributed by atoms with E-state index in [-0.39, 0.29) is 25.0 Å². The lowest BCUT2D eigenvalue weighted by Gasteiger charge is -2.50. The van der Waals surface area contributed by atoms with Crippen molar-refractivity contribution in [1.82, 2.24) is 4.90 Å². The van der Waals surface area contributed by atoms with Crippen LogP contribution in [0.3, 0.4) is 0 Å². The van der Waals surface area contributed by atoms with E-state index < -0.39 is 69.7 Å². The Kier molecular flexibility index (Phi) is 7.10. The predicted molar refractivity (Wildman–Crippen MR) is 151 cm³/mol. The predicted octanol–water partition coefficient (Wildman–Crippen LogP) is 2.21. The maximum Gasteiger partial charge on any atom is 0.255 e. The Morgan fingerprint density at radius 1 is 1.07 bits per heavy atom. The zero-order valence-electron chi connectivity index (χ0n) is 23.5. The number of halogens is 2. The SMILES string of the molecule is CN(C)c1cc(NCc2cc(F)cc(F)c2)cc2c1C[C@H]1C[C@H]3[C@H](N(C)C)C(=O)C(C(N)=O)=C(O)[C@@]3(O)C(=O)C1=C2O. The molecule has 6 N–H and O–H groups in total. The number of nitrogens with zero attached hydrogens (tertiary/aromatic N) is 2. The summed E-state index contributed by atoms with van der Waals surface area (Å²) in [7, 11) is 6.73. The molecule has 0 aliphatic heterocycles. The van der Waals surface area contributed by atoms with Crippen LogP contribution in [-0.2, 0) is 27.3 Å². The minimum absolute atomic E-state index is 0.0454. The van der Waals surface area contributed by atoms with Crippen molar-refractivity contribution in [3.8, 4) is 0 Å². The van der Waals surface area contributed by atoms with Crippen molar-refractivity contribution in [2.75, 3.05) is 38.4 Å². The van der Waals surface area contributed by atoms with Crippen molar-refractivity contribution < 1.29 is 38.5 Å². The first-order valence-electron chi connectivity index (χ1n) is 13.3. The van der Waals surface area contributed by atoms with Crippen LogP contribution in [0.25, 0.3) is 5.76 Å². The fourth-order valence-corrected chi connectivity index (χ4v) is 6.64. The Morgan fingerprint density at radius 3 is 2.29 bits per heavy atom. The summed E-state index contributed by atoms with van der Waals surface area (Å²) in [5, 5.41) is 37.4. The van der Waals surface area contributed by atoms with Crippen LogP contribution in [0.5, 0.6) is 0 Å². The van der Waals surface area contributed by atoms with Gasteiger partial charge in [-0.2, -0.15) is 0 Å². The zero-order valence-corrected chi connectivity index (χ0v) is 23.5. The van der Waals surface area contributed by atoms with Crippen LogP contribution in [0.1, 0.15) is 23.1 Å². The van der Waals surface area contributed by atoms with Crippen molar-refractivity contribution in [2.45, 2.75) is 31.0 Å². The molecule has 12 heteroatoms. The molecule has 0 unspecified atom stereocenters. The molecule has 0 aromatic heterocycles. The molecule has 222 valence electrons. The summed E-state index contributed by atoms with van der Waals surface area (Å²) < 4.78 is 27.4. The van der Waals surface area contributed by atoms with Crippen LogP contribution in [-0.4, -0.2) is 77.5 Å². The van der Waals surface area contributed by atoms with E-state index in [1.165, 1.54) is 17.0 Å². The van der Waals surface area contributed by atoms with Gasteiger partial charge in [-0.25, -0.2) is 8.78 Å². The molecule has 1 saturated carbocycles. The van der Waals surface area contributed by atoms with Crippen LogP contribution in [0, 0.1) is 23.5 Å². The van der Waals surface area contributed by atoms with Gasteiger partial charge in [-0.1, -0.05) is 0 Å². The van der Waals surface area contributed by atoms with Crippen molar-refractivity contribution in [3.05, 3.63) is 75.6 Å². The number of carbonyl (C=O) groups is 3. The summed E-state index contributed by atoms with van der Waals surface area (Å²) in [6.07, 6.45) is 0.321. The van der Waals surface area contributed by atoms with E-state index >= 15 is 0 Å². The number of nitrogens with one attached hydrogen (secondary N) is 1. The van der Waals surface area contributed by atoms with Crippen LogP contribution in [0.2, 0.25) is 0 Å². The number of aliphatic hydroxyl groups excluding tert-OH is 2. The standard InChI is InChI=1S/C30H32F2N4O6/c1-35(2)21-11-17(34-12-13-5-15(31)9-16(32)6-13)10-19-18(21)7-14-8-20-24(36(3)4)26(38)23(29(33)41)28(40)30(20,42)27(39)22(14)25(19)37/h5-6,9-11,14,20,24,34,37,40,42H,7-8,12H2,1-4H3,(H2,33,41)/t14-,20-,24-,30-/m0/s1. The van der Waals surface area contributed by atoms with E-state index in [9.17, 15) is 38.5 Å². The number of benzene rings is 2. The molecule has 3 aliphatic rings. The summed E-state index contributed by atoms with van der Waals surface area (Å²) in [6, 6.07) is 5.44. The molecule has 42 heavy (non-hydrogen) atoms. The second kappa shape index (κ2) is 10.2. The average Bonchev–Trinajstić information content (AvgIpc) is 2.88. The van der Waals surface area contributed by atoms with E-state index in [1.807, 2.05) is 11.0 Å². The molecule has 2 aromatic rings. The summed E-state index contributed by atoms with van der Waals surface area (Å²) in [5.41, 5.74) is 4.31. The summed E-state index contributed by atoms with van der Waals surface area (Å²) in [4.78, 5) is 42.7. The first kappa shape index (κ1) is 29.2. The highest BCUT2D eigenvalue weighted by Gasteiger charge is 2.64. The third-order valence-corrected chi connectivity index (χ3v) is 8.46. The molecule has 10 nitrogen and oxygen atoms in total. The number of carbonyl (C=O) groups excluding carboxylic acids is 3. The number of fused-ring (bicyclic) bond motifs is 3. The molecular formula is C30H32F2N4O6. The van der Waals surface area contributed by atoms with E-state index in [4.69, 9.17) is 5.73 Å². The molecule has 5 rings (SSSR count). The van der Waals surface area contributed by atoms with E-state index in [0.717, 1.165) is 6.07 Å². The smallest absolute Gasteiger partial charge is 0.255 e. The monoisotopic (exact) mass is 582 g/mol. The van der Waals surface area contributed by atoms with Crippen LogP contribution >= 0.6 is 0 Å². The van der Waals surface area contributed by atoms with Gasteiger partial charge in [0.15, 0.2) is 11.4 Å². The number of amides is 1. The second-order valence-electron chi connectivity index (χ2n) is 11.5. The number of ketones is 2. The molecule has 4 atom stereocenters. The molecule has 1 amide bonds. The Hall–Kier alpha value is -4.29. The molecule has 0 saturated heterocycles. The molecule has 1 fully saturated rings. The number of anilines is 2. The minimum atomic E-state index is -2.66. The van der Waals surface area contributed by atoms with E-state index in [2.05, 4.69) is 5.32 Å². The summed E-state index contributed by atoms with van der Waals surface area (Å²) in [6.45, 7) is 0.0647. The lowest BCUT2D eigenvalue weighted by atomic mass is 9.57. The minimum Gasteiger partial charge on any atom is -0.508 e. The maximum absolute atomic E-state index is 14.0. The zero-order chi connectivity index (χ0) is 30.8. The highest BCUT2D eigenvalue weighted by Crippen LogP contribution is 2.52. The summed E-state index contributed by atoms with van der Waals surface area (Å²) in [5.74, 6) is -7.75. The Balaban J connectivity index is 1.62. The Labute approximate surface area is 240 Å². The largest absolute Gasteiger partial charge is 0.508 e. The summed E-state index contributed by atoms with van der Waals surface area (Å²) >= 11 is 0. The second-order valence-corrected chi connectivity index (χ2v) is 11.5. The van der Waals surface area contributed by atoms with E-state index in [0.29, 0.717) is 28.1 Å². The maximum atomic E-state index is 14.0. The van der Waals surface area contributed by atoms with Crippen LogP contribution in [0.4, 0.5) is 20.2 Å². The van der Waals surface area contributed by atoms with Gasteiger partial charge in [-0.3, -0.25) is 19.3 Å². The molecule has 2 aromatic carbocycles. The van der Waals surface area contributed by atoms with E-state index in [1.54, 1.807) is 34.3 Å². The average molecular weight is 583 g/mol. The third-order valence-electron chi connectivity index (χ3n) is 8.46. The van der Waals surface area contributed by atoms with Crippen LogP contribution < -0.4 is 16.0 Å². The fraction of sp³-hybridized carbons (Fsp3) is 0.367. The normalized spacial score (nSPS) is 25.3. The lowest BCUT2D eigenvalue weighted by molar-refractivity contribution is -0.153. The molecule has 0 radical (unpaired) electrons. The highest BCUT2D eigenvalue weighted by molar-refractivity contribution is 6.24. The van der Waals surface area contributed by atoms with Crippen molar-refractivity contribution in [2.24, 2.45) is 17.6 Å². The van der Waals surface area contributed by atoms with Gasteiger partial charge >= 0.3 is 0 Å². The van der Waals surface area contributed by atoms with Gasteiger partial charge in [0.1, 0.15) is 28.7 Å². The van der Waals surface area contributed by atoms with Crippen molar-refractivity contribution in [1.29, 1.82) is 0 Å². The number of primary amides is 1. The van der Waals surface area contributed by atoms with Gasteiger partial charge in [0.2, 0.25) is 5.78 Å². The molecular weight excluding hydrogens is 550 g/mol. The van der Waals surface area contributed by atoms with Gasteiger partial charge in [-0.15, -0.1) is 0 Å². The Bertz CT molecular complexity index is 1580. The number of hydrogen-bond donors (Lipinski definition) is 5. The van der Waals surface area contributed by atoms with Gasteiger partial charge in [0.05, 0.1) is 6.04 Å². The van der Waals surface area contributed by atoms with Gasteiger partial charge < -0.3 is 31.3 Å². The number of aliphatic hydroxyl groups is 3. The first-order chi connectivity index (χ1) is 19.7. The molecule has 3 aliphatic carbocycles. The number of likely N-dealkylation sites (N-methyl/N-ethyl adjacent to an activating group) is 1. The first-order valence-corrected chi connectivity index (χ1v) is 13.3. The number of rotatable bonds is 6. The van der Waals surface area contributed by atoms with Gasteiger partial charge in [0, 0.05) is 55.1 Å². The number of hydrogen-bond acceptors (Lipinski definition) is 9. The number of nitrogens with two attached hydrogens (primary N) is 1.